The van der Waals surface area contributed by atoms with Crippen LogP contribution in [0.5, 0.6) is 0 Å². The van der Waals surface area contributed by atoms with E-state index in [9.17, 15) is 0 Å². The summed E-state index contributed by atoms with van der Waals surface area (Å²) < 4.78 is 17.2. The van der Waals surface area contributed by atoms with Crippen LogP contribution < -0.4 is 0 Å². The van der Waals surface area contributed by atoms with Gasteiger partial charge in [-0.15, -0.1) is 45.3 Å². The van der Waals surface area contributed by atoms with Crippen LogP contribution in [0.1, 0.15) is 0 Å². The average Bonchev–Trinajstić information content (AvgIpc) is 4.01. The third-order valence-electron chi connectivity index (χ3n) is 11.1. The van der Waals surface area contributed by atoms with Crippen molar-refractivity contribution in [2.24, 2.45) is 0 Å². The van der Waals surface area contributed by atoms with Gasteiger partial charge in [0.25, 0.3) is 0 Å². The Morgan fingerprint density at radius 2 is 0.660 bits per heavy atom. The summed E-state index contributed by atoms with van der Waals surface area (Å²) in [4.78, 5) is 0. The Morgan fingerprint density at radius 1 is 0.264 bits per heavy atom. The van der Waals surface area contributed by atoms with Crippen molar-refractivity contribution in [1.82, 2.24) is 0 Å². The number of hydrogen-bond donors (Lipinski definition) is 0. The summed E-state index contributed by atoms with van der Waals surface area (Å²) in [7, 11) is 0. The zero-order valence-corrected chi connectivity index (χ0v) is 31.2. The van der Waals surface area contributed by atoms with Gasteiger partial charge in [-0.1, -0.05) is 72.8 Å². The molecular formula is C48H24OS4. The molecule has 0 saturated carbocycles. The average molecular weight is 745 g/mol. The normalized spacial score (nSPS) is 12.5. The van der Waals surface area contributed by atoms with Crippen molar-refractivity contribution >= 4 is 148 Å². The minimum absolute atomic E-state index is 0.918. The van der Waals surface area contributed by atoms with Gasteiger partial charge in [-0.3, -0.25) is 0 Å². The Labute approximate surface area is 318 Å². The van der Waals surface area contributed by atoms with Gasteiger partial charge in [-0.2, -0.15) is 0 Å². The van der Waals surface area contributed by atoms with Gasteiger partial charge in [-0.25, -0.2) is 0 Å². The minimum atomic E-state index is 0.918. The molecule has 0 fully saturated rings. The quantitative estimate of drug-likeness (QED) is 0.172. The van der Waals surface area contributed by atoms with Crippen LogP contribution in [0, 0.1) is 0 Å². The lowest BCUT2D eigenvalue weighted by Gasteiger charge is -2.04. The first-order valence-corrected chi connectivity index (χ1v) is 21.0. The second-order valence-corrected chi connectivity index (χ2v) is 18.3. The van der Waals surface area contributed by atoms with E-state index in [1.807, 2.05) is 45.3 Å². The second kappa shape index (κ2) is 10.5. The molecule has 246 valence electrons. The molecule has 0 amide bonds. The molecule has 5 heteroatoms. The molecule has 0 atom stereocenters. The van der Waals surface area contributed by atoms with Gasteiger partial charge in [0.2, 0.25) is 0 Å². The molecule has 8 aromatic carbocycles. The molecule has 53 heavy (non-hydrogen) atoms. The van der Waals surface area contributed by atoms with Gasteiger partial charge in [0.05, 0.1) is 9.40 Å². The van der Waals surface area contributed by atoms with Gasteiger partial charge in [0.1, 0.15) is 11.2 Å². The molecule has 5 aromatic heterocycles. The molecule has 0 bridgehead atoms. The molecule has 1 nitrogen and oxygen atoms in total. The fourth-order valence-electron chi connectivity index (χ4n) is 8.51. The molecule has 13 aromatic rings. The topological polar surface area (TPSA) is 13.1 Å². The smallest absolute Gasteiger partial charge is 0.135 e. The predicted molar refractivity (Wildman–Crippen MR) is 236 cm³/mol. The third-order valence-corrected chi connectivity index (χ3v) is 15.9. The van der Waals surface area contributed by atoms with E-state index in [0.29, 0.717) is 0 Å². The molecule has 0 aliphatic rings. The lowest BCUT2D eigenvalue weighted by Crippen LogP contribution is -1.79. The summed E-state index contributed by atoms with van der Waals surface area (Å²) in [6.07, 6.45) is 0. The van der Waals surface area contributed by atoms with E-state index >= 15 is 0 Å². The maximum Gasteiger partial charge on any atom is 0.135 e. The second-order valence-electron chi connectivity index (χ2n) is 14.0. The first-order chi connectivity index (χ1) is 26.2. The Kier molecular flexibility index (Phi) is 5.75. The molecule has 0 saturated heterocycles. The van der Waals surface area contributed by atoms with Crippen LogP contribution in [0.15, 0.2) is 150 Å². The van der Waals surface area contributed by atoms with Crippen molar-refractivity contribution < 1.29 is 4.42 Å². The Bertz CT molecular complexity index is 3610. The summed E-state index contributed by atoms with van der Waals surface area (Å²) in [6, 6.07) is 54.2. The molecular weight excluding hydrogens is 721 g/mol. The maximum absolute atomic E-state index is 6.40. The monoisotopic (exact) mass is 744 g/mol. The highest BCUT2D eigenvalue weighted by molar-refractivity contribution is 7.33. The van der Waals surface area contributed by atoms with Crippen molar-refractivity contribution in [3.63, 3.8) is 0 Å². The van der Waals surface area contributed by atoms with Crippen LogP contribution in [0.2, 0.25) is 0 Å². The SMILES string of the molecule is c1ccc2c(c1)sc1cc3c(cc12)sc1ccc(-c2ccc4oc5ccc(-c6ccc7sc8c(ccc9c%10ccccc%10sc98)c7c6)cc5c4c2)cc13. The Morgan fingerprint density at radius 3 is 1.26 bits per heavy atom. The fourth-order valence-corrected chi connectivity index (χ4v) is 13.3. The largest absolute Gasteiger partial charge is 0.456 e. The molecule has 0 aliphatic heterocycles. The molecule has 0 spiro atoms. The summed E-state index contributed by atoms with van der Waals surface area (Å²) in [5.74, 6) is 0. The van der Waals surface area contributed by atoms with Crippen molar-refractivity contribution in [3.8, 4) is 22.3 Å². The lowest BCUT2D eigenvalue weighted by molar-refractivity contribution is 0.669. The van der Waals surface area contributed by atoms with Crippen LogP contribution in [-0.2, 0) is 0 Å². The molecule has 5 heterocycles. The zero-order valence-electron chi connectivity index (χ0n) is 27.9. The van der Waals surface area contributed by atoms with E-state index in [1.54, 1.807) is 0 Å². The summed E-state index contributed by atoms with van der Waals surface area (Å²) in [5.41, 5.74) is 6.69. The molecule has 0 N–H and O–H groups in total. The standard InChI is InChI=1S/C48H24OS4/c1-4-8-42-29(5-1)31-13-14-32-35-21-27(12-18-44(35)53-48(32)47(31)52-42)25-9-15-39-33(19-25)34-20-26(10-16-40(34)49-39)28-11-17-43-36(22-28)38-24-45-37(23-46(38)51-43)30-6-2-3-7-41(30)50-45/h1-24H. The Hall–Kier alpha value is -5.56. The number of thiophene rings is 4. The first kappa shape index (κ1) is 29.0. The zero-order chi connectivity index (χ0) is 34.4. The molecule has 0 aliphatic carbocycles. The van der Waals surface area contributed by atoms with E-state index in [2.05, 4.69) is 146 Å². The highest BCUT2D eigenvalue weighted by atomic mass is 32.1. The van der Waals surface area contributed by atoms with Crippen LogP contribution in [0.4, 0.5) is 0 Å². The van der Waals surface area contributed by atoms with Crippen molar-refractivity contribution in [2.45, 2.75) is 0 Å². The first-order valence-electron chi connectivity index (χ1n) is 17.7. The van der Waals surface area contributed by atoms with Crippen LogP contribution >= 0.6 is 45.3 Å². The van der Waals surface area contributed by atoms with Crippen molar-refractivity contribution in [2.75, 3.05) is 0 Å². The van der Waals surface area contributed by atoms with Crippen LogP contribution in [0.25, 0.3) is 125 Å². The minimum Gasteiger partial charge on any atom is -0.456 e. The molecule has 0 unspecified atom stereocenters. The van der Waals surface area contributed by atoms with Crippen LogP contribution in [0.3, 0.4) is 0 Å². The van der Waals surface area contributed by atoms with Gasteiger partial charge >= 0.3 is 0 Å². The number of rotatable bonds is 2. The summed E-state index contributed by atoms with van der Waals surface area (Å²) in [6.45, 7) is 0. The number of fused-ring (bicyclic) bond motifs is 16. The number of benzene rings is 8. The molecule has 0 radical (unpaired) electrons. The summed E-state index contributed by atoms with van der Waals surface area (Å²) in [5, 5.41) is 13.1. The van der Waals surface area contributed by atoms with Crippen molar-refractivity contribution in [1.29, 1.82) is 0 Å². The van der Waals surface area contributed by atoms with E-state index in [0.717, 1.165) is 21.9 Å². The highest BCUT2D eigenvalue weighted by Gasteiger charge is 2.16. The molecule has 13 rings (SSSR count). The van der Waals surface area contributed by atoms with Gasteiger partial charge < -0.3 is 4.42 Å². The summed E-state index contributed by atoms with van der Waals surface area (Å²) >= 11 is 7.61. The van der Waals surface area contributed by atoms with Gasteiger partial charge in [0.15, 0.2) is 0 Å². The fraction of sp³-hybridized carbons (Fsp3) is 0. The number of furan rings is 1. The highest BCUT2D eigenvalue weighted by Crippen LogP contribution is 2.46. The van der Waals surface area contributed by atoms with Crippen molar-refractivity contribution in [3.05, 3.63) is 146 Å². The Balaban J connectivity index is 0.929. The lowest BCUT2D eigenvalue weighted by atomic mass is 9.98. The van der Waals surface area contributed by atoms with Gasteiger partial charge in [-0.05, 0) is 95.1 Å². The van der Waals surface area contributed by atoms with Gasteiger partial charge in [0, 0.05) is 82.1 Å². The number of hydrogen-bond acceptors (Lipinski definition) is 5. The van der Waals surface area contributed by atoms with E-state index < -0.39 is 0 Å². The maximum atomic E-state index is 6.40. The van der Waals surface area contributed by atoms with Crippen LogP contribution in [-0.4, -0.2) is 0 Å². The van der Waals surface area contributed by atoms with E-state index in [-0.39, 0.29) is 0 Å². The van der Waals surface area contributed by atoms with E-state index in [4.69, 9.17) is 4.42 Å². The van der Waals surface area contributed by atoms with E-state index in [1.165, 1.54) is 103 Å². The predicted octanol–water partition coefficient (Wildman–Crippen LogP) is 16.4. The third kappa shape index (κ3) is 4.11.